The van der Waals surface area contributed by atoms with Gasteiger partial charge in [0.25, 0.3) is 0 Å². The van der Waals surface area contributed by atoms with Crippen LogP contribution in [0.3, 0.4) is 0 Å². The molecule has 0 radical (unpaired) electrons. The first-order valence-corrected chi connectivity index (χ1v) is 7.30. The van der Waals surface area contributed by atoms with Gasteiger partial charge in [0.15, 0.2) is 0 Å². The molecule has 0 aliphatic carbocycles. The fourth-order valence-corrected chi connectivity index (χ4v) is 1.94. The summed E-state index contributed by atoms with van der Waals surface area (Å²) in [6.45, 7) is 2.03. The topological polar surface area (TPSA) is 24.7 Å². The van der Waals surface area contributed by atoms with Gasteiger partial charge in [0.1, 0.15) is 5.82 Å². The third-order valence-electron chi connectivity index (χ3n) is 3.17. The van der Waals surface area contributed by atoms with Crippen molar-refractivity contribution >= 4 is 12.4 Å². The molecule has 0 bridgehead atoms. The van der Waals surface area contributed by atoms with Crippen molar-refractivity contribution < 1.29 is 4.39 Å². The third kappa shape index (κ3) is 5.44. The van der Waals surface area contributed by atoms with Crippen LogP contribution in [0.25, 0.3) is 0 Å². The Hall–Kier alpha value is -2.55. The average Bonchev–Trinajstić information content (AvgIpc) is 2.55. The molecule has 0 aliphatic heterocycles. The van der Waals surface area contributed by atoms with Gasteiger partial charge in [-0.15, -0.1) is 0 Å². The zero-order valence-electron chi connectivity index (χ0n) is 12.6. The highest BCUT2D eigenvalue weighted by atomic mass is 19.1. The monoisotopic (exact) mass is 294 g/mol. The lowest BCUT2D eigenvalue weighted by molar-refractivity contribution is 0.628. The maximum Gasteiger partial charge on any atom is 0.123 e. The first-order chi connectivity index (χ1) is 10.8. The van der Waals surface area contributed by atoms with Crippen LogP contribution in [0.5, 0.6) is 0 Å². The van der Waals surface area contributed by atoms with Crippen molar-refractivity contribution in [1.29, 1.82) is 0 Å². The van der Waals surface area contributed by atoms with Crippen LogP contribution in [0.2, 0.25) is 0 Å². The summed E-state index contributed by atoms with van der Waals surface area (Å²) in [5.41, 5.74) is 3.13. The lowest BCUT2D eigenvalue weighted by Crippen LogP contribution is -1.86. The molecule has 112 valence electrons. The van der Waals surface area contributed by atoms with E-state index >= 15 is 0 Å². The van der Waals surface area contributed by atoms with Crippen molar-refractivity contribution in [1.82, 2.24) is 0 Å². The van der Waals surface area contributed by atoms with Crippen LogP contribution >= 0.6 is 0 Å². The molecular weight excluding hydrogens is 275 g/mol. The fourth-order valence-electron chi connectivity index (χ4n) is 1.94. The molecule has 0 unspecified atom stereocenters. The van der Waals surface area contributed by atoms with Gasteiger partial charge in [-0.2, -0.15) is 10.2 Å². The Labute approximate surface area is 130 Å². The minimum absolute atomic E-state index is 0.254. The van der Waals surface area contributed by atoms with Gasteiger partial charge in [-0.3, -0.25) is 0 Å². The van der Waals surface area contributed by atoms with Crippen molar-refractivity contribution in [3.05, 3.63) is 83.2 Å². The molecule has 0 saturated heterocycles. The summed E-state index contributed by atoms with van der Waals surface area (Å²) >= 11 is 0. The van der Waals surface area contributed by atoms with E-state index in [1.165, 1.54) is 17.7 Å². The minimum Gasteiger partial charge on any atom is -0.207 e. The van der Waals surface area contributed by atoms with Gasteiger partial charge >= 0.3 is 0 Å². The molecular formula is C19H19FN2. The van der Waals surface area contributed by atoms with E-state index in [2.05, 4.69) is 34.5 Å². The second-order valence-corrected chi connectivity index (χ2v) is 4.89. The van der Waals surface area contributed by atoms with Gasteiger partial charge in [0.05, 0.1) is 12.4 Å². The predicted octanol–water partition coefficient (Wildman–Crippen LogP) is 4.79. The average molecular weight is 294 g/mol. The number of allylic oxidation sites excluding steroid dienone is 2. The van der Waals surface area contributed by atoms with Crippen LogP contribution in [0, 0.1) is 5.82 Å². The van der Waals surface area contributed by atoms with Gasteiger partial charge in [0.2, 0.25) is 0 Å². The van der Waals surface area contributed by atoms with Crippen molar-refractivity contribution in [2.24, 2.45) is 10.2 Å². The standard InChI is InChI=1S/C19H19FN2/c1-2-3-4-5-16-6-8-17(9-7-16)14-21-22-15-18-10-12-19(20)13-11-18/h2-3,6-15H,4-5H2,1H3/b3-2+,21-14?,22-15?. The molecule has 0 spiro atoms. The highest BCUT2D eigenvalue weighted by molar-refractivity contribution is 5.82. The molecule has 0 amide bonds. The maximum atomic E-state index is 12.7. The second kappa shape index (κ2) is 8.67. The van der Waals surface area contributed by atoms with Crippen LogP contribution in [0.15, 0.2) is 70.9 Å². The van der Waals surface area contributed by atoms with Crippen molar-refractivity contribution in [2.75, 3.05) is 0 Å². The van der Waals surface area contributed by atoms with E-state index in [0.717, 1.165) is 24.0 Å². The Balaban J connectivity index is 1.88. The summed E-state index contributed by atoms with van der Waals surface area (Å²) in [6, 6.07) is 14.4. The lowest BCUT2D eigenvalue weighted by Gasteiger charge is -1.98. The van der Waals surface area contributed by atoms with E-state index in [4.69, 9.17) is 0 Å². The Bertz CT molecular complexity index is 653. The molecule has 22 heavy (non-hydrogen) atoms. The van der Waals surface area contributed by atoms with Crippen LogP contribution < -0.4 is 0 Å². The molecule has 0 atom stereocenters. The first-order valence-electron chi connectivity index (χ1n) is 7.30. The lowest BCUT2D eigenvalue weighted by atomic mass is 10.1. The second-order valence-electron chi connectivity index (χ2n) is 4.89. The smallest absolute Gasteiger partial charge is 0.123 e. The van der Waals surface area contributed by atoms with Crippen molar-refractivity contribution in [3.63, 3.8) is 0 Å². The number of rotatable bonds is 6. The number of hydrogen-bond donors (Lipinski definition) is 0. The number of hydrogen-bond acceptors (Lipinski definition) is 2. The molecule has 0 aliphatic rings. The van der Waals surface area contributed by atoms with Crippen LogP contribution in [-0.2, 0) is 6.42 Å². The van der Waals surface area contributed by atoms with Crippen LogP contribution in [-0.4, -0.2) is 12.4 Å². The number of aryl methyl sites for hydroxylation is 1. The first kappa shape index (κ1) is 15.8. The van der Waals surface area contributed by atoms with E-state index in [1.807, 2.05) is 19.1 Å². The Kier molecular flexibility index (Phi) is 6.24. The summed E-state index contributed by atoms with van der Waals surface area (Å²) in [4.78, 5) is 0. The van der Waals surface area contributed by atoms with Gasteiger partial charge in [-0.1, -0.05) is 48.6 Å². The molecule has 0 saturated carbocycles. The molecule has 2 rings (SSSR count). The Morgan fingerprint density at radius 1 is 0.864 bits per heavy atom. The number of benzene rings is 2. The normalized spacial score (nSPS) is 11.9. The summed E-state index contributed by atoms with van der Waals surface area (Å²) in [7, 11) is 0. The molecule has 0 N–H and O–H groups in total. The molecule has 2 nitrogen and oxygen atoms in total. The van der Waals surface area contributed by atoms with Gasteiger partial charge in [-0.25, -0.2) is 4.39 Å². The summed E-state index contributed by atoms with van der Waals surface area (Å²) in [6.07, 6.45) is 9.65. The molecule has 2 aromatic rings. The summed E-state index contributed by atoms with van der Waals surface area (Å²) < 4.78 is 12.7. The number of nitrogens with zero attached hydrogens (tertiary/aromatic N) is 2. The minimum atomic E-state index is -0.254. The van der Waals surface area contributed by atoms with E-state index < -0.39 is 0 Å². The Morgan fingerprint density at radius 2 is 1.41 bits per heavy atom. The fraction of sp³-hybridized carbons (Fsp3) is 0.158. The molecule has 0 heterocycles. The van der Waals surface area contributed by atoms with Crippen molar-refractivity contribution in [2.45, 2.75) is 19.8 Å². The highest BCUT2D eigenvalue weighted by Gasteiger charge is 1.92. The molecule has 0 aromatic heterocycles. The predicted molar refractivity (Wildman–Crippen MR) is 91.2 cm³/mol. The van der Waals surface area contributed by atoms with Crippen molar-refractivity contribution in [3.8, 4) is 0 Å². The van der Waals surface area contributed by atoms with E-state index in [0.29, 0.717) is 0 Å². The van der Waals surface area contributed by atoms with E-state index in [9.17, 15) is 4.39 Å². The quantitative estimate of drug-likeness (QED) is 0.416. The van der Waals surface area contributed by atoms with E-state index in [1.54, 1.807) is 24.6 Å². The zero-order chi connectivity index (χ0) is 15.6. The van der Waals surface area contributed by atoms with Crippen LogP contribution in [0.1, 0.15) is 30.0 Å². The molecule has 0 fully saturated rings. The van der Waals surface area contributed by atoms with Gasteiger partial charge < -0.3 is 0 Å². The molecule has 2 aromatic carbocycles. The number of halogens is 1. The zero-order valence-corrected chi connectivity index (χ0v) is 12.6. The third-order valence-corrected chi connectivity index (χ3v) is 3.17. The highest BCUT2D eigenvalue weighted by Crippen LogP contribution is 2.06. The van der Waals surface area contributed by atoms with E-state index in [-0.39, 0.29) is 5.82 Å². The summed E-state index contributed by atoms with van der Waals surface area (Å²) in [5.74, 6) is -0.254. The van der Waals surface area contributed by atoms with Gasteiger partial charge in [0, 0.05) is 0 Å². The van der Waals surface area contributed by atoms with Crippen LogP contribution in [0.4, 0.5) is 4.39 Å². The molecule has 3 heteroatoms. The SMILES string of the molecule is C/C=C/CCc1ccc(C=NN=Cc2ccc(F)cc2)cc1. The Morgan fingerprint density at radius 3 is 1.95 bits per heavy atom. The maximum absolute atomic E-state index is 12.7. The largest absolute Gasteiger partial charge is 0.207 e. The van der Waals surface area contributed by atoms with Gasteiger partial charge in [-0.05, 0) is 48.6 Å². The summed E-state index contributed by atoms with van der Waals surface area (Å²) in [5, 5.41) is 7.97.